The van der Waals surface area contributed by atoms with Gasteiger partial charge in [0, 0.05) is 17.1 Å². The van der Waals surface area contributed by atoms with Crippen LogP contribution < -0.4 is 10.6 Å². The molecular weight excluding hydrogens is 464 g/mol. The second kappa shape index (κ2) is 9.20. The Bertz CT molecular complexity index is 1290. The van der Waals surface area contributed by atoms with Crippen LogP contribution in [-0.2, 0) is 6.54 Å². The molecule has 0 aliphatic heterocycles. The SMILES string of the molecule is Cc1nc(NCc2cccs2)nc(NC2CCC(C(C)(C)O)C2)c1-c1nc2c(C)nccc2s1. The van der Waals surface area contributed by atoms with Crippen LogP contribution in [-0.4, -0.2) is 36.7 Å². The molecule has 0 spiro atoms. The number of nitrogens with one attached hydrogen (secondary N) is 2. The van der Waals surface area contributed by atoms with Crippen molar-refractivity contribution in [3.8, 4) is 10.6 Å². The van der Waals surface area contributed by atoms with E-state index in [1.807, 2.05) is 46.0 Å². The zero-order valence-electron chi connectivity index (χ0n) is 19.9. The summed E-state index contributed by atoms with van der Waals surface area (Å²) in [5.41, 5.74) is 3.00. The van der Waals surface area contributed by atoms with E-state index in [1.165, 1.54) is 4.88 Å². The van der Waals surface area contributed by atoms with Gasteiger partial charge in [-0.05, 0) is 70.4 Å². The minimum absolute atomic E-state index is 0.243. The van der Waals surface area contributed by atoms with Crippen molar-refractivity contribution in [3.05, 3.63) is 46.0 Å². The molecule has 0 saturated heterocycles. The highest BCUT2D eigenvalue weighted by molar-refractivity contribution is 7.21. The maximum absolute atomic E-state index is 10.5. The Morgan fingerprint density at radius 2 is 1.97 bits per heavy atom. The van der Waals surface area contributed by atoms with Gasteiger partial charge in [0.15, 0.2) is 0 Å². The van der Waals surface area contributed by atoms with Gasteiger partial charge in [0.2, 0.25) is 5.95 Å². The molecular formula is C25H30N6OS2. The predicted octanol–water partition coefficient (Wildman–Crippen LogP) is 5.79. The third-order valence-electron chi connectivity index (χ3n) is 6.57. The molecule has 2 atom stereocenters. The van der Waals surface area contributed by atoms with Crippen LogP contribution in [0.25, 0.3) is 20.8 Å². The number of hydrogen-bond acceptors (Lipinski definition) is 9. The van der Waals surface area contributed by atoms with Gasteiger partial charge in [-0.1, -0.05) is 6.07 Å². The lowest BCUT2D eigenvalue weighted by Gasteiger charge is -2.25. The molecule has 0 amide bonds. The van der Waals surface area contributed by atoms with Gasteiger partial charge in [-0.2, -0.15) is 4.98 Å². The lowest BCUT2D eigenvalue weighted by atomic mass is 9.89. The average Bonchev–Trinajstić information content (AvgIpc) is 3.53. The highest BCUT2D eigenvalue weighted by atomic mass is 32.1. The van der Waals surface area contributed by atoms with Gasteiger partial charge in [-0.3, -0.25) is 4.98 Å². The topological polar surface area (TPSA) is 95.9 Å². The number of aromatic nitrogens is 4. The van der Waals surface area contributed by atoms with E-state index in [2.05, 4.69) is 27.1 Å². The standard InChI is InChI=1S/C25H30N6OS2/c1-14-20(23-30-21-15(2)26-10-9-19(21)34-23)22(29-17-8-7-16(12-17)25(3,4)32)31-24(28-14)27-13-18-6-5-11-33-18/h5-6,9-11,16-17,32H,7-8,12-13H2,1-4H3,(H2,27,28,29,31). The lowest BCUT2D eigenvalue weighted by molar-refractivity contribution is 0.0197. The Kier molecular flexibility index (Phi) is 6.26. The molecule has 0 bridgehead atoms. The quantitative estimate of drug-likeness (QED) is 0.299. The molecule has 1 saturated carbocycles. The summed E-state index contributed by atoms with van der Waals surface area (Å²) < 4.78 is 1.11. The zero-order valence-corrected chi connectivity index (χ0v) is 21.6. The van der Waals surface area contributed by atoms with Crippen LogP contribution in [0.15, 0.2) is 29.8 Å². The van der Waals surface area contributed by atoms with Crippen LogP contribution in [0.2, 0.25) is 0 Å². The van der Waals surface area contributed by atoms with E-state index < -0.39 is 5.60 Å². The van der Waals surface area contributed by atoms with Crippen molar-refractivity contribution in [3.63, 3.8) is 0 Å². The maximum atomic E-state index is 10.5. The largest absolute Gasteiger partial charge is 0.390 e. The first-order chi connectivity index (χ1) is 16.3. The van der Waals surface area contributed by atoms with Crippen molar-refractivity contribution >= 4 is 44.7 Å². The Balaban J connectivity index is 1.50. The average molecular weight is 495 g/mol. The molecule has 34 heavy (non-hydrogen) atoms. The molecule has 5 rings (SSSR count). The summed E-state index contributed by atoms with van der Waals surface area (Å²) in [5, 5.41) is 20.6. The van der Waals surface area contributed by atoms with Crippen LogP contribution in [0.4, 0.5) is 11.8 Å². The highest BCUT2D eigenvalue weighted by Gasteiger charge is 2.35. The molecule has 1 aliphatic rings. The molecule has 178 valence electrons. The smallest absolute Gasteiger partial charge is 0.225 e. The van der Waals surface area contributed by atoms with Crippen molar-refractivity contribution in [2.24, 2.45) is 5.92 Å². The van der Waals surface area contributed by atoms with Crippen LogP contribution in [0, 0.1) is 19.8 Å². The fourth-order valence-electron chi connectivity index (χ4n) is 4.63. The Labute approximate surface area is 207 Å². The predicted molar refractivity (Wildman–Crippen MR) is 141 cm³/mol. The minimum atomic E-state index is -0.675. The molecule has 4 heterocycles. The van der Waals surface area contributed by atoms with Crippen LogP contribution in [0.1, 0.15) is 49.4 Å². The van der Waals surface area contributed by atoms with Gasteiger partial charge in [0.05, 0.1) is 33.8 Å². The van der Waals surface area contributed by atoms with Crippen molar-refractivity contribution in [2.45, 2.75) is 65.1 Å². The van der Waals surface area contributed by atoms with Crippen molar-refractivity contribution in [1.29, 1.82) is 0 Å². The summed E-state index contributed by atoms with van der Waals surface area (Å²) in [4.78, 5) is 20.3. The first-order valence-corrected chi connectivity index (χ1v) is 13.3. The first kappa shape index (κ1) is 23.1. The number of aryl methyl sites for hydroxylation is 2. The molecule has 1 fully saturated rings. The molecule has 9 heteroatoms. The monoisotopic (exact) mass is 494 g/mol. The van der Waals surface area contributed by atoms with Crippen molar-refractivity contribution < 1.29 is 5.11 Å². The van der Waals surface area contributed by atoms with E-state index in [0.29, 0.717) is 12.5 Å². The van der Waals surface area contributed by atoms with E-state index in [4.69, 9.17) is 15.0 Å². The Hall–Kier alpha value is -2.62. The third-order valence-corrected chi connectivity index (χ3v) is 8.48. The number of fused-ring (bicyclic) bond motifs is 1. The lowest BCUT2D eigenvalue weighted by Crippen LogP contribution is -2.30. The number of pyridine rings is 1. The molecule has 3 N–H and O–H groups in total. The molecule has 4 aromatic heterocycles. The summed E-state index contributed by atoms with van der Waals surface area (Å²) >= 11 is 3.35. The second-order valence-electron chi connectivity index (χ2n) is 9.56. The number of rotatable bonds is 7. The zero-order chi connectivity index (χ0) is 23.9. The number of thiophene rings is 1. The summed E-state index contributed by atoms with van der Waals surface area (Å²) in [6.07, 6.45) is 4.73. The summed E-state index contributed by atoms with van der Waals surface area (Å²) in [6.45, 7) is 8.51. The van der Waals surface area contributed by atoms with E-state index >= 15 is 0 Å². The molecule has 0 aromatic carbocycles. The number of nitrogens with zero attached hydrogens (tertiary/aromatic N) is 4. The normalized spacial score (nSPS) is 18.5. The van der Waals surface area contributed by atoms with Crippen LogP contribution in [0.5, 0.6) is 0 Å². The molecule has 4 aromatic rings. The maximum Gasteiger partial charge on any atom is 0.225 e. The minimum Gasteiger partial charge on any atom is -0.390 e. The molecule has 0 radical (unpaired) electrons. The van der Waals surface area contributed by atoms with Crippen molar-refractivity contribution in [1.82, 2.24) is 19.9 Å². The number of aliphatic hydroxyl groups is 1. The Morgan fingerprint density at radius 3 is 2.68 bits per heavy atom. The van der Waals surface area contributed by atoms with Gasteiger partial charge in [-0.15, -0.1) is 22.7 Å². The first-order valence-electron chi connectivity index (χ1n) is 11.6. The highest BCUT2D eigenvalue weighted by Crippen LogP contribution is 2.40. The Morgan fingerprint density at radius 1 is 1.12 bits per heavy atom. The van der Waals surface area contributed by atoms with Crippen molar-refractivity contribution in [2.75, 3.05) is 10.6 Å². The van der Waals surface area contributed by atoms with Crippen LogP contribution >= 0.6 is 22.7 Å². The van der Waals surface area contributed by atoms with E-state index in [9.17, 15) is 5.11 Å². The molecule has 7 nitrogen and oxygen atoms in total. The summed E-state index contributed by atoms with van der Waals surface area (Å²) in [5.74, 6) is 1.67. The number of hydrogen-bond donors (Lipinski definition) is 3. The van der Waals surface area contributed by atoms with Gasteiger partial charge < -0.3 is 15.7 Å². The van der Waals surface area contributed by atoms with E-state index in [-0.39, 0.29) is 12.0 Å². The van der Waals surface area contributed by atoms with E-state index in [1.54, 1.807) is 22.7 Å². The number of thiazole rings is 1. The summed E-state index contributed by atoms with van der Waals surface area (Å²) in [6, 6.07) is 6.40. The fourth-order valence-corrected chi connectivity index (χ4v) is 6.38. The van der Waals surface area contributed by atoms with E-state index in [0.717, 1.165) is 57.3 Å². The van der Waals surface area contributed by atoms with Gasteiger partial charge >= 0.3 is 0 Å². The molecule has 1 aliphatic carbocycles. The van der Waals surface area contributed by atoms with Crippen LogP contribution in [0.3, 0.4) is 0 Å². The third kappa shape index (κ3) is 4.78. The van der Waals surface area contributed by atoms with Gasteiger partial charge in [0.25, 0.3) is 0 Å². The number of anilines is 2. The second-order valence-corrected chi connectivity index (χ2v) is 11.6. The van der Waals surface area contributed by atoms with Gasteiger partial charge in [-0.25, -0.2) is 9.97 Å². The fraction of sp³-hybridized carbons (Fsp3) is 0.440. The van der Waals surface area contributed by atoms with Gasteiger partial charge in [0.1, 0.15) is 16.3 Å². The molecule has 2 unspecified atom stereocenters. The summed E-state index contributed by atoms with van der Waals surface area (Å²) in [7, 11) is 0.